The number of para-hydroxylation sites is 2. The minimum atomic E-state index is -0.0803. The Morgan fingerprint density at radius 3 is 1.46 bits per heavy atom. The van der Waals surface area contributed by atoms with Gasteiger partial charge in [0.25, 0.3) is 11.1 Å². The summed E-state index contributed by atoms with van der Waals surface area (Å²) < 4.78 is 0. The van der Waals surface area contributed by atoms with Gasteiger partial charge in [0.2, 0.25) is 0 Å². The van der Waals surface area contributed by atoms with E-state index in [1.807, 2.05) is 36.4 Å². The molecular weight excluding hydrogens is 352 g/mol. The van der Waals surface area contributed by atoms with Gasteiger partial charge in [-0.1, -0.05) is 24.3 Å². The summed E-state index contributed by atoms with van der Waals surface area (Å²) in [5.41, 5.74) is 1.32. The van der Waals surface area contributed by atoms with Crippen LogP contribution < -0.4 is 11.1 Å². The van der Waals surface area contributed by atoms with Crippen LogP contribution in [0.15, 0.2) is 58.1 Å². The van der Waals surface area contributed by atoms with Crippen molar-refractivity contribution in [3.63, 3.8) is 0 Å². The topological polar surface area (TPSA) is 91.5 Å². The summed E-state index contributed by atoms with van der Waals surface area (Å²) in [5.74, 6) is 1.98. The average Bonchev–Trinajstić information content (AvgIpc) is 2.74. The molecule has 0 bridgehead atoms. The number of H-pyrrole nitrogens is 2. The maximum atomic E-state index is 12.3. The first-order valence-electron chi connectivity index (χ1n) is 9.67. The van der Waals surface area contributed by atoms with Gasteiger partial charge in [0.05, 0.1) is 21.8 Å². The fourth-order valence-electron chi connectivity index (χ4n) is 4.24. The Hall–Kier alpha value is -3.28. The van der Waals surface area contributed by atoms with E-state index in [1.54, 1.807) is 12.1 Å². The summed E-state index contributed by atoms with van der Waals surface area (Å²) in [4.78, 5) is 40.0. The van der Waals surface area contributed by atoms with Gasteiger partial charge in [-0.15, -0.1) is 0 Å². The summed E-state index contributed by atoms with van der Waals surface area (Å²) in [6.07, 6.45) is 3.62. The van der Waals surface area contributed by atoms with Crippen LogP contribution in [0.3, 0.4) is 0 Å². The Kier molecular flexibility index (Phi) is 4.04. The molecule has 1 aliphatic rings. The van der Waals surface area contributed by atoms with E-state index in [9.17, 15) is 9.59 Å². The lowest BCUT2D eigenvalue weighted by Crippen LogP contribution is -2.21. The molecule has 4 aromatic rings. The molecule has 0 spiro atoms. The summed E-state index contributed by atoms with van der Waals surface area (Å²) in [5, 5.41) is 1.25. The van der Waals surface area contributed by atoms with E-state index in [4.69, 9.17) is 0 Å². The third-order valence-corrected chi connectivity index (χ3v) is 5.76. The molecule has 6 nitrogen and oxygen atoms in total. The summed E-state index contributed by atoms with van der Waals surface area (Å²) >= 11 is 0. The largest absolute Gasteiger partial charge is 0.310 e. The molecule has 2 aromatic carbocycles. The maximum Gasteiger partial charge on any atom is 0.258 e. The molecule has 1 saturated carbocycles. The maximum absolute atomic E-state index is 12.3. The number of hydrogen-bond acceptors (Lipinski definition) is 4. The normalized spacial score (nSPS) is 19.9. The van der Waals surface area contributed by atoms with E-state index in [2.05, 4.69) is 19.9 Å². The van der Waals surface area contributed by atoms with E-state index in [1.165, 1.54) is 0 Å². The van der Waals surface area contributed by atoms with E-state index < -0.39 is 0 Å². The average molecular weight is 372 g/mol. The summed E-state index contributed by atoms with van der Waals surface area (Å²) in [6.45, 7) is 0. The third-order valence-electron chi connectivity index (χ3n) is 5.76. The van der Waals surface area contributed by atoms with Gasteiger partial charge in [0.15, 0.2) is 0 Å². The number of hydrogen-bond donors (Lipinski definition) is 2. The number of aromatic amines is 2. The van der Waals surface area contributed by atoms with Gasteiger partial charge < -0.3 is 9.97 Å². The van der Waals surface area contributed by atoms with Crippen molar-refractivity contribution in [2.24, 2.45) is 0 Å². The van der Waals surface area contributed by atoms with Gasteiger partial charge in [-0.2, -0.15) is 0 Å². The third kappa shape index (κ3) is 2.91. The zero-order chi connectivity index (χ0) is 19.1. The predicted octanol–water partition coefficient (Wildman–Crippen LogP) is 3.60. The van der Waals surface area contributed by atoms with Crippen molar-refractivity contribution in [3.8, 4) is 0 Å². The van der Waals surface area contributed by atoms with Crippen LogP contribution in [-0.4, -0.2) is 19.9 Å². The van der Waals surface area contributed by atoms with Gasteiger partial charge in [0, 0.05) is 11.8 Å². The van der Waals surface area contributed by atoms with Gasteiger partial charge in [0.1, 0.15) is 11.6 Å². The number of rotatable bonds is 2. The van der Waals surface area contributed by atoms with Crippen LogP contribution in [-0.2, 0) is 0 Å². The number of aromatic nitrogens is 4. The van der Waals surface area contributed by atoms with Crippen molar-refractivity contribution < 1.29 is 0 Å². The highest BCUT2D eigenvalue weighted by molar-refractivity contribution is 5.77. The van der Waals surface area contributed by atoms with Crippen molar-refractivity contribution in [2.45, 2.75) is 37.5 Å². The van der Waals surface area contributed by atoms with Crippen molar-refractivity contribution in [2.75, 3.05) is 0 Å². The minimum Gasteiger partial charge on any atom is -0.310 e. The highest BCUT2D eigenvalue weighted by Crippen LogP contribution is 2.38. The van der Waals surface area contributed by atoms with Crippen LogP contribution in [0.1, 0.15) is 49.2 Å². The summed E-state index contributed by atoms with van der Waals surface area (Å²) in [6, 6.07) is 14.8. The molecule has 0 radical (unpaired) electrons. The minimum absolute atomic E-state index is 0.0803. The SMILES string of the molecule is O=c1[nH]c(C2CCC(c3nc4ccccc4c(=O)[nH]3)CC2)nc2ccccc12. The first kappa shape index (κ1) is 16.9. The molecule has 0 saturated heterocycles. The fourth-order valence-corrected chi connectivity index (χ4v) is 4.24. The highest BCUT2D eigenvalue weighted by atomic mass is 16.1. The molecule has 1 fully saturated rings. The summed E-state index contributed by atoms with van der Waals surface area (Å²) in [7, 11) is 0. The first-order valence-corrected chi connectivity index (χ1v) is 9.67. The first-order chi connectivity index (χ1) is 13.7. The van der Waals surface area contributed by atoms with Crippen molar-refractivity contribution in [1.82, 2.24) is 19.9 Å². The fraction of sp³-hybridized carbons (Fsp3) is 0.273. The number of nitrogens with zero attached hydrogens (tertiary/aromatic N) is 2. The zero-order valence-electron chi connectivity index (χ0n) is 15.3. The van der Waals surface area contributed by atoms with E-state index in [0.29, 0.717) is 10.8 Å². The number of nitrogens with one attached hydrogen (secondary N) is 2. The lowest BCUT2D eigenvalue weighted by atomic mass is 9.81. The van der Waals surface area contributed by atoms with Crippen LogP contribution >= 0.6 is 0 Å². The Balaban J connectivity index is 1.40. The molecule has 2 aromatic heterocycles. The second kappa shape index (κ2) is 6.71. The van der Waals surface area contributed by atoms with Gasteiger partial charge >= 0.3 is 0 Å². The second-order valence-electron chi connectivity index (χ2n) is 7.49. The second-order valence-corrected chi connectivity index (χ2v) is 7.49. The van der Waals surface area contributed by atoms with Crippen LogP contribution in [0.4, 0.5) is 0 Å². The lowest BCUT2D eigenvalue weighted by Gasteiger charge is -2.27. The van der Waals surface area contributed by atoms with Crippen molar-refractivity contribution in [1.29, 1.82) is 0 Å². The van der Waals surface area contributed by atoms with Crippen molar-refractivity contribution >= 4 is 21.8 Å². The molecule has 5 rings (SSSR count). The molecule has 28 heavy (non-hydrogen) atoms. The van der Waals surface area contributed by atoms with Crippen LogP contribution in [0, 0.1) is 0 Å². The molecule has 6 heteroatoms. The Morgan fingerprint density at radius 2 is 1.04 bits per heavy atom. The molecule has 0 amide bonds. The zero-order valence-corrected chi connectivity index (χ0v) is 15.3. The number of fused-ring (bicyclic) bond motifs is 2. The quantitative estimate of drug-likeness (QED) is 0.562. The van der Waals surface area contributed by atoms with E-state index in [-0.39, 0.29) is 23.0 Å². The van der Waals surface area contributed by atoms with E-state index in [0.717, 1.165) is 48.4 Å². The molecule has 0 aliphatic heterocycles. The molecule has 0 unspecified atom stereocenters. The van der Waals surface area contributed by atoms with E-state index >= 15 is 0 Å². The van der Waals surface area contributed by atoms with Gasteiger partial charge in [-0.05, 0) is 49.9 Å². The van der Waals surface area contributed by atoms with Crippen molar-refractivity contribution in [3.05, 3.63) is 80.9 Å². The molecule has 2 N–H and O–H groups in total. The Bertz CT molecular complexity index is 1180. The van der Waals surface area contributed by atoms with Gasteiger partial charge in [-0.25, -0.2) is 9.97 Å². The lowest BCUT2D eigenvalue weighted by molar-refractivity contribution is 0.375. The Labute approximate surface area is 160 Å². The molecule has 140 valence electrons. The molecule has 2 heterocycles. The molecule has 1 aliphatic carbocycles. The standard InChI is InChI=1S/C22H20N4O2/c27-21-15-5-1-3-7-17(15)23-19(25-21)13-9-11-14(12-10-13)20-24-18-8-4-2-6-16(18)22(28)26-20/h1-8,13-14H,9-12H2,(H,23,25,27)(H,24,26,28). The van der Waals surface area contributed by atoms with Crippen LogP contribution in [0.5, 0.6) is 0 Å². The smallest absolute Gasteiger partial charge is 0.258 e. The number of benzene rings is 2. The van der Waals surface area contributed by atoms with Crippen LogP contribution in [0.2, 0.25) is 0 Å². The monoisotopic (exact) mass is 372 g/mol. The predicted molar refractivity (Wildman–Crippen MR) is 109 cm³/mol. The Morgan fingerprint density at radius 1 is 0.643 bits per heavy atom. The van der Waals surface area contributed by atoms with Crippen LogP contribution in [0.25, 0.3) is 21.8 Å². The highest BCUT2D eigenvalue weighted by Gasteiger charge is 2.27. The van der Waals surface area contributed by atoms with Gasteiger partial charge in [-0.3, -0.25) is 9.59 Å². The molecule has 0 atom stereocenters. The molecular formula is C22H20N4O2.